The van der Waals surface area contributed by atoms with Crippen molar-refractivity contribution in [3.05, 3.63) is 22.6 Å². The van der Waals surface area contributed by atoms with Crippen molar-refractivity contribution in [3.63, 3.8) is 0 Å². The number of carbonyl (C=O) groups is 1. The Balaban J connectivity index is 1.59. The third kappa shape index (κ3) is 4.31. The number of urea groups is 1. The summed E-state index contributed by atoms with van der Waals surface area (Å²) < 4.78 is 14.1. The van der Waals surface area contributed by atoms with E-state index in [9.17, 15) is 9.18 Å². The first-order valence-corrected chi connectivity index (χ1v) is 9.02. The van der Waals surface area contributed by atoms with Gasteiger partial charge in [0.05, 0.1) is 5.56 Å². The van der Waals surface area contributed by atoms with Crippen molar-refractivity contribution >= 4 is 23.4 Å². The molecule has 2 N–H and O–H groups in total. The van der Waals surface area contributed by atoms with E-state index in [0.717, 1.165) is 51.3 Å². The Labute approximate surface area is 151 Å². The molecule has 1 aliphatic heterocycles. The average molecular weight is 366 g/mol. The van der Waals surface area contributed by atoms with Gasteiger partial charge in [0.15, 0.2) is 11.6 Å². The van der Waals surface area contributed by atoms with Gasteiger partial charge in [-0.1, -0.05) is 11.6 Å². The monoisotopic (exact) mass is 365 g/mol. The zero-order valence-electron chi connectivity index (χ0n) is 13.9. The molecular weight excluding hydrogens is 345 g/mol. The molecule has 1 aliphatic carbocycles. The number of likely N-dealkylation sites (tertiary alicyclic amines) is 1. The standard InChI is InChI=1S/C17H21ClFN5O/c18-15-11(10-20)8-14(19)16(23-15)21-12-4-3-5-13(9-12)22-17(25)24-6-1-2-7-24/h8,12-13H,1-7,9H2,(H,21,23)(H,22,25)/t12?,13-/m1/s1. The molecular formula is C17H21ClFN5O. The number of aromatic nitrogens is 1. The Kier molecular flexibility index (Phi) is 5.59. The van der Waals surface area contributed by atoms with E-state index in [1.54, 1.807) is 0 Å². The lowest BCUT2D eigenvalue weighted by atomic mass is 9.91. The number of nitrogens with zero attached hydrogens (tertiary/aromatic N) is 3. The Hall–Kier alpha value is -2.07. The minimum absolute atomic E-state index is 0.00336. The van der Waals surface area contributed by atoms with Crippen molar-refractivity contribution in [1.29, 1.82) is 5.26 Å². The second kappa shape index (κ2) is 7.87. The summed E-state index contributed by atoms with van der Waals surface area (Å²) in [5, 5.41) is 15.0. The van der Waals surface area contributed by atoms with E-state index >= 15 is 0 Å². The Morgan fingerprint density at radius 1 is 1.32 bits per heavy atom. The summed E-state index contributed by atoms with van der Waals surface area (Å²) in [6, 6.07) is 2.96. The first-order valence-electron chi connectivity index (χ1n) is 8.65. The van der Waals surface area contributed by atoms with Crippen molar-refractivity contribution in [3.8, 4) is 6.07 Å². The first kappa shape index (κ1) is 17.7. The summed E-state index contributed by atoms with van der Waals surface area (Å²) in [5.74, 6) is -0.537. The van der Waals surface area contributed by atoms with Gasteiger partial charge < -0.3 is 15.5 Å². The molecule has 2 amide bonds. The maximum atomic E-state index is 14.1. The molecule has 8 heteroatoms. The number of hydrogen-bond acceptors (Lipinski definition) is 4. The molecule has 3 rings (SSSR count). The van der Waals surface area contributed by atoms with Crippen molar-refractivity contribution in [2.24, 2.45) is 0 Å². The number of pyridine rings is 1. The van der Waals surface area contributed by atoms with Crippen LogP contribution in [0.3, 0.4) is 0 Å². The fourth-order valence-corrected chi connectivity index (χ4v) is 3.66. The summed E-state index contributed by atoms with van der Waals surface area (Å²) >= 11 is 5.89. The van der Waals surface area contributed by atoms with Crippen LogP contribution < -0.4 is 10.6 Å². The predicted octanol–water partition coefficient (Wildman–Crippen LogP) is 3.27. The summed E-state index contributed by atoms with van der Waals surface area (Å²) in [4.78, 5) is 18.0. The van der Waals surface area contributed by atoms with Gasteiger partial charge >= 0.3 is 6.03 Å². The smallest absolute Gasteiger partial charge is 0.317 e. The average Bonchev–Trinajstić information content (AvgIpc) is 3.13. The van der Waals surface area contributed by atoms with Crippen molar-refractivity contribution < 1.29 is 9.18 Å². The number of amides is 2. The van der Waals surface area contributed by atoms with Crippen LogP contribution in [0.25, 0.3) is 0 Å². The summed E-state index contributed by atoms with van der Waals surface area (Å²) in [6.45, 7) is 1.64. The quantitative estimate of drug-likeness (QED) is 0.805. The largest absolute Gasteiger partial charge is 0.365 e. The summed E-state index contributed by atoms with van der Waals surface area (Å²) in [5.41, 5.74) is 0.0177. The number of nitrogens with one attached hydrogen (secondary N) is 2. The zero-order valence-corrected chi connectivity index (χ0v) is 14.7. The van der Waals surface area contributed by atoms with E-state index in [-0.39, 0.29) is 34.6 Å². The van der Waals surface area contributed by atoms with E-state index in [2.05, 4.69) is 15.6 Å². The fraction of sp³-hybridized carbons (Fsp3) is 0.588. The molecule has 1 saturated heterocycles. The minimum atomic E-state index is -0.593. The van der Waals surface area contributed by atoms with Gasteiger partial charge in [-0.15, -0.1) is 0 Å². The number of nitriles is 1. The number of hydrogen-bond donors (Lipinski definition) is 2. The van der Waals surface area contributed by atoms with Crippen LogP contribution in [-0.2, 0) is 0 Å². The lowest BCUT2D eigenvalue weighted by molar-refractivity contribution is 0.199. The highest BCUT2D eigenvalue weighted by molar-refractivity contribution is 6.30. The molecule has 0 radical (unpaired) electrons. The highest BCUT2D eigenvalue weighted by Crippen LogP contribution is 2.25. The highest BCUT2D eigenvalue weighted by Gasteiger charge is 2.27. The Morgan fingerprint density at radius 2 is 2.04 bits per heavy atom. The van der Waals surface area contributed by atoms with Crippen LogP contribution in [0.5, 0.6) is 0 Å². The molecule has 25 heavy (non-hydrogen) atoms. The van der Waals surface area contributed by atoms with Crippen LogP contribution in [0.15, 0.2) is 6.07 Å². The lowest BCUT2D eigenvalue weighted by Gasteiger charge is -2.32. The molecule has 2 aliphatic rings. The molecule has 0 spiro atoms. The first-order chi connectivity index (χ1) is 12.1. The molecule has 2 heterocycles. The van der Waals surface area contributed by atoms with Gasteiger partial charge in [-0.3, -0.25) is 0 Å². The van der Waals surface area contributed by atoms with E-state index in [1.807, 2.05) is 11.0 Å². The molecule has 1 unspecified atom stereocenters. The second-order valence-electron chi connectivity index (χ2n) is 6.62. The van der Waals surface area contributed by atoms with Gasteiger partial charge in [0.2, 0.25) is 0 Å². The van der Waals surface area contributed by atoms with Gasteiger partial charge in [-0.2, -0.15) is 5.26 Å². The van der Waals surface area contributed by atoms with Crippen LogP contribution in [0.4, 0.5) is 15.0 Å². The van der Waals surface area contributed by atoms with Gasteiger partial charge in [0.25, 0.3) is 0 Å². The van der Waals surface area contributed by atoms with E-state index < -0.39 is 5.82 Å². The highest BCUT2D eigenvalue weighted by atomic mass is 35.5. The third-order valence-electron chi connectivity index (χ3n) is 4.79. The van der Waals surface area contributed by atoms with Crippen molar-refractivity contribution in [2.75, 3.05) is 18.4 Å². The summed E-state index contributed by atoms with van der Waals surface area (Å²) in [7, 11) is 0. The maximum Gasteiger partial charge on any atom is 0.317 e. The third-order valence-corrected chi connectivity index (χ3v) is 5.07. The van der Waals surface area contributed by atoms with Crippen LogP contribution in [0.1, 0.15) is 44.1 Å². The normalized spacial score (nSPS) is 23.2. The van der Waals surface area contributed by atoms with Crippen LogP contribution >= 0.6 is 11.6 Å². The van der Waals surface area contributed by atoms with E-state index in [0.29, 0.717) is 6.42 Å². The number of anilines is 1. The molecule has 2 fully saturated rings. The topological polar surface area (TPSA) is 81.0 Å². The second-order valence-corrected chi connectivity index (χ2v) is 6.98. The van der Waals surface area contributed by atoms with Crippen molar-refractivity contribution in [2.45, 2.75) is 50.6 Å². The molecule has 134 valence electrons. The molecule has 0 aromatic carbocycles. The molecule has 1 aromatic rings. The van der Waals surface area contributed by atoms with Gasteiger partial charge in [-0.25, -0.2) is 14.2 Å². The number of carbonyl (C=O) groups excluding carboxylic acids is 1. The van der Waals surface area contributed by atoms with Gasteiger partial charge in [0, 0.05) is 25.2 Å². The van der Waals surface area contributed by atoms with E-state index in [4.69, 9.17) is 16.9 Å². The SMILES string of the molecule is N#Cc1cc(F)c(NC2CCC[C@@H](NC(=O)N3CCCC3)C2)nc1Cl. The van der Waals surface area contributed by atoms with Crippen LogP contribution in [0, 0.1) is 17.1 Å². The minimum Gasteiger partial charge on any atom is -0.365 e. The molecule has 0 bridgehead atoms. The molecule has 2 atom stereocenters. The summed E-state index contributed by atoms with van der Waals surface area (Å²) in [6.07, 6.45) is 5.56. The van der Waals surface area contributed by atoms with Crippen LogP contribution in [0.2, 0.25) is 5.15 Å². The molecule has 6 nitrogen and oxygen atoms in total. The molecule has 1 saturated carbocycles. The predicted molar refractivity (Wildman–Crippen MR) is 92.9 cm³/mol. The zero-order chi connectivity index (χ0) is 17.8. The van der Waals surface area contributed by atoms with Crippen molar-refractivity contribution in [1.82, 2.24) is 15.2 Å². The number of rotatable bonds is 3. The fourth-order valence-electron chi connectivity index (χ4n) is 3.48. The van der Waals surface area contributed by atoms with Gasteiger partial charge in [-0.05, 0) is 44.6 Å². The molecule has 1 aromatic heterocycles. The van der Waals surface area contributed by atoms with Crippen LogP contribution in [-0.4, -0.2) is 41.1 Å². The Morgan fingerprint density at radius 3 is 2.76 bits per heavy atom. The number of halogens is 2. The Bertz CT molecular complexity index is 686. The van der Waals surface area contributed by atoms with E-state index in [1.165, 1.54) is 0 Å². The van der Waals surface area contributed by atoms with Gasteiger partial charge in [0.1, 0.15) is 11.2 Å². The maximum absolute atomic E-state index is 14.1. The lowest BCUT2D eigenvalue weighted by Crippen LogP contribution is -2.47.